The van der Waals surface area contributed by atoms with Crippen LogP contribution < -0.4 is 11.5 Å². The Bertz CT molecular complexity index is 475. The SMILES string of the molecule is C.NCc1ccc(C(O)C2CC2)o1.NCc1ccco1. The minimum Gasteiger partial charge on any atom is -0.468 e. The van der Waals surface area contributed by atoms with Crippen molar-refractivity contribution >= 4 is 0 Å². The summed E-state index contributed by atoms with van der Waals surface area (Å²) in [6.07, 6.45) is 3.42. The molecule has 112 valence electrons. The van der Waals surface area contributed by atoms with Crippen LogP contribution in [0.3, 0.4) is 0 Å². The summed E-state index contributed by atoms with van der Waals surface area (Å²) in [7, 11) is 0. The molecule has 0 amide bonds. The maximum atomic E-state index is 9.63. The van der Waals surface area contributed by atoms with E-state index in [1.54, 1.807) is 6.26 Å². The Balaban J connectivity index is 0.000000216. The van der Waals surface area contributed by atoms with E-state index in [4.69, 9.17) is 20.3 Å². The van der Waals surface area contributed by atoms with E-state index in [1.807, 2.05) is 24.3 Å². The largest absolute Gasteiger partial charge is 0.468 e. The van der Waals surface area contributed by atoms with Crippen LogP contribution in [0.25, 0.3) is 0 Å². The highest BCUT2D eigenvalue weighted by atomic mass is 16.4. The normalized spacial score (nSPS) is 14.9. The third kappa shape index (κ3) is 4.52. The van der Waals surface area contributed by atoms with E-state index in [9.17, 15) is 5.11 Å². The Kier molecular flexibility index (Phi) is 6.51. The molecule has 1 saturated carbocycles. The van der Waals surface area contributed by atoms with Crippen molar-refractivity contribution in [3.63, 3.8) is 0 Å². The second-order valence-corrected chi connectivity index (χ2v) is 4.57. The van der Waals surface area contributed by atoms with Crippen LogP contribution in [0.2, 0.25) is 0 Å². The summed E-state index contributed by atoms with van der Waals surface area (Å²) in [6.45, 7) is 0.893. The van der Waals surface area contributed by atoms with Gasteiger partial charge in [-0.1, -0.05) is 7.43 Å². The molecule has 20 heavy (non-hydrogen) atoms. The van der Waals surface area contributed by atoms with Gasteiger partial charge in [-0.25, -0.2) is 0 Å². The van der Waals surface area contributed by atoms with Crippen molar-refractivity contribution < 1.29 is 13.9 Å². The minimum absolute atomic E-state index is 0. The fraction of sp³-hybridized carbons (Fsp3) is 0.467. The van der Waals surface area contributed by atoms with Crippen molar-refractivity contribution in [3.8, 4) is 0 Å². The molecule has 1 atom stereocenters. The molecule has 3 rings (SSSR count). The monoisotopic (exact) mass is 280 g/mol. The molecular weight excluding hydrogens is 256 g/mol. The molecule has 2 aromatic heterocycles. The van der Waals surface area contributed by atoms with E-state index in [1.165, 1.54) is 0 Å². The van der Waals surface area contributed by atoms with Crippen molar-refractivity contribution in [2.24, 2.45) is 17.4 Å². The lowest BCUT2D eigenvalue weighted by Gasteiger charge is -2.03. The third-order valence-corrected chi connectivity index (χ3v) is 3.02. The Morgan fingerprint density at radius 1 is 1.15 bits per heavy atom. The van der Waals surface area contributed by atoms with Gasteiger partial charge in [0, 0.05) is 0 Å². The van der Waals surface area contributed by atoms with Gasteiger partial charge in [0.1, 0.15) is 23.4 Å². The lowest BCUT2D eigenvalue weighted by Crippen LogP contribution is -1.97. The first-order valence-corrected chi connectivity index (χ1v) is 6.43. The summed E-state index contributed by atoms with van der Waals surface area (Å²) >= 11 is 0. The predicted octanol–water partition coefficient (Wildman–Crippen LogP) is 2.56. The van der Waals surface area contributed by atoms with Gasteiger partial charge in [-0.05, 0) is 43.0 Å². The standard InChI is InChI=1S/C9H13NO2.C5H7NO.CH4/c10-5-7-3-4-8(12-7)9(11)6-1-2-6;6-4-5-2-1-3-7-5;/h3-4,6,9,11H,1-2,5,10H2;1-3H,4,6H2;1H4. The van der Waals surface area contributed by atoms with Crippen LogP contribution in [0.1, 0.15) is 43.7 Å². The summed E-state index contributed by atoms with van der Waals surface area (Å²) in [4.78, 5) is 0. The van der Waals surface area contributed by atoms with Gasteiger partial charge in [0.05, 0.1) is 19.4 Å². The number of aliphatic hydroxyl groups excluding tert-OH is 1. The van der Waals surface area contributed by atoms with Crippen molar-refractivity contribution in [2.45, 2.75) is 39.5 Å². The zero-order valence-corrected chi connectivity index (χ0v) is 10.8. The van der Waals surface area contributed by atoms with E-state index in [2.05, 4.69) is 0 Å². The second-order valence-electron chi connectivity index (χ2n) is 4.57. The van der Waals surface area contributed by atoms with Crippen LogP contribution in [-0.4, -0.2) is 5.11 Å². The van der Waals surface area contributed by atoms with Gasteiger partial charge in [0.15, 0.2) is 0 Å². The molecular formula is C15H24N2O3. The summed E-state index contributed by atoms with van der Waals surface area (Å²) in [5.41, 5.74) is 10.6. The molecule has 0 bridgehead atoms. The van der Waals surface area contributed by atoms with Crippen LogP contribution >= 0.6 is 0 Å². The van der Waals surface area contributed by atoms with E-state index in [0.29, 0.717) is 24.8 Å². The molecule has 5 nitrogen and oxygen atoms in total. The molecule has 0 aliphatic heterocycles. The van der Waals surface area contributed by atoms with E-state index in [0.717, 1.165) is 24.4 Å². The first kappa shape index (κ1) is 16.5. The van der Waals surface area contributed by atoms with E-state index >= 15 is 0 Å². The fourth-order valence-corrected chi connectivity index (χ4v) is 1.74. The van der Waals surface area contributed by atoms with Gasteiger partial charge >= 0.3 is 0 Å². The van der Waals surface area contributed by atoms with Crippen molar-refractivity contribution in [1.29, 1.82) is 0 Å². The Hall–Kier alpha value is -1.56. The molecule has 1 unspecified atom stereocenters. The Labute approximate surface area is 119 Å². The number of aliphatic hydroxyl groups is 1. The highest BCUT2D eigenvalue weighted by Gasteiger charge is 2.32. The van der Waals surface area contributed by atoms with Crippen LogP contribution in [0.5, 0.6) is 0 Å². The molecule has 0 saturated heterocycles. The fourth-order valence-electron chi connectivity index (χ4n) is 1.74. The lowest BCUT2D eigenvalue weighted by molar-refractivity contribution is 0.125. The van der Waals surface area contributed by atoms with Crippen LogP contribution in [0.15, 0.2) is 39.4 Å². The second kappa shape index (κ2) is 7.89. The van der Waals surface area contributed by atoms with Crippen molar-refractivity contribution in [2.75, 3.05) is 0 Å². The molecule has 1 aliphatic carbocycles. The zero-order chi connectivity index (χ0) is 13.7. The average Bonchev–Trinajstić information content (AvgIpc) is 2.97. The van der Waals surface area contributed by atoms with E-state index < -0.39 is 6.10 Å². The van der Waals surface area contributed by atoms with Crippen LogP contribution in [0.4, 0.5) is 0 Å². The predicted molar refractivity (Wildman–Crippen MR) is 77.6 cm³/mol. The first-order valence-electron chi connectivity index (χ1n) is 6.43. The van der Waals surface area contributed by atoms with Gasteiger partial charge in [0.2, 0.25) is 0 Å². The number of hydrogen-bond acceptors (Lipinski definition) is 5. The summed E-state index contributed by atoms with van der Waals surface area (Å²) in [5.74, 6) is 2.66. The maximum Gasteiger partial charge on any atom is 0.133 e. The maximum absolute atomic E-state index is 9.63. The average molecular weight is 280 g/mol. The van der Waals surface area contributed by atoms with Crippen LogP contribution in [0, 0.1) is 5.92 Å². The smallest absolute Gasteiger partial charge is 0.133 e. The molecule has 0 aromatic carbocycles. The minimum atomic E-state index is -0.412. The molecule has 5 N–H and O–H groups in total. The number of nitrogens with two attached hydrogens (primary N) is 2. The highest BCUT2D eigenvalue weighted by molar-refractivity contribution is 5.11. The molecule has 5 heteroatoms. The number of furan rings is 2. The van der Waals surface area contributed by atoms with Gasteiger partial charge in [-0.15, -0.1) is 0 Å². The zero-order valence-electron chi connectivity index (χ0n) is 10.8. The van der Waals surface area contributed by atoms with Crippen molar-refractivity contribution in [3.05, 3.63) is 47.8 Å². The van der Waals surface area contributed by atoms with E-state index in [-0.39, 0.29) is 7.43 Å². The van der Waals surface area contributed by atoms with Crippen molar-refractivity contribution in [1.82, 2.24) is 0 Å². The quantitative estimate of drug-likeness (QED) is 0.799. The topological polar surface area (TPSA) is 98.5 Å². The third-order valence-electron chi connectivity index (χ3n) is 3.02. The van der Waals surface area contributed by atoms with Crippen LogP contribution in [-0.2, 0) is 13.1 Å². The lowest BCUT2D eigenvalue weighted by atomic mass is 10.2. The van der Waals surface area contributed by atoms with Gasteiger partial charge in [-0.3, -0.25) is 0 Å². The number of rotatable bonds is 4. The van der Waals surface area contributed by atoms with Gasteiger partial charge in [0.25, 0.3) is 0 Å². The summed E-state index contributed by atoms with van der Waals surface area (Å²) in [5, 5.41) is 9.63. The Morgan fingerprint density at radius 3 is 2.25 bits per heavy atom. The molecule has 2 aromatic rings. The molecule has 0 spiro atoms. The molecule has 1 fully saturated rings. The molecule has 0 radical (unpaired) electrons. The van der Waals surface area contributed by atoms with Gasteiger partial charge < -0.3 is 25.4 Å². The first-order chi connectivity index (χ1) is 9.24. The molecule has 2 heterocycles. The summed E-state index contributed by atoms with van der Waals surface area (Å²) < 4.78 is 10.2. The Morgan fingerprint density at radius 2 is 1.85 bits per heavy atom. The number of hydrogen-bond donors (Lipinski definition) is 3. The highest BCUT2D eigenvalue weighted by Crippen LogP contribution is 2.41. The summed E-state index contributed by atoms with van der Waals surface area (Å²) in [6, 6.07) is 7.30. The molecule has 1 aliphatic rings. The van der Waals surface area contributed by atoms with Gasteiger partial charge in [-0.2, -0.15) is 0 Å².